The van der Waals surface area contributed by atoms with E-state index < -0.39 is 50.9 Å². The number of carbonyl (C=O) groups is 4. The summed E-state index contributed by atoms with van der Waals surface area (Å²) in [7, 11) is -2.22. The molecule has 0 radical (unpaired) electrons. The van der Waals surface area contributed by atoms with E-state index in [0.717, 1.165) is 17.7 Å². The predicted octanol–water partition coefficient (Wildman–Crippen LogP) is 2.09. The van der Waals surface area contributed by atoms with E-state index in [0.29, 0.717) is 31.8 Å². The number of nitrogens with one attached hydrogen (secondary N) is 1. The van der Waals surface area contributed by atoms with Gasteiger partial charge in [0, 0.05) is 57.8 Å². The molecule has 4 aliphatic rings. The van der Waals surface area contributed by atoms with Gasteiger partial charge in [-0.05, 0) is 49.6 Å². The number of fused-ring (bicyclic) bond motifs is 2. The Bertz CT molecular complexity index is 1740. The second kappa shape index (κ2) is 14.3. The molecule has 4 aliphatic heterocycles. The largest absolute Gasteiger partial charge is 0.499 e. The van der Waals surface area contributed by atoms with Gasteiger partial charge >= 0.3 is 6.09 Å². The van der Waals surface area contributed by atoms with Gasteiger partial charge in [-0.25, -0.2) is 17.6 Å². The van der Waals surface area contributed by atoms with Crippen LogP contribution in [0, 0.1) is 17.2 Å². The number of nitrogens with zero attached hydrogens (tertiary/aromatic N) is 4. The van der Waals surface area contributed by atoms with E-state index in [-0.39, 0.29) is 69.2 Å². The van der Waals surface area contributed by atoms with Crippen LogP contribution in [0.2, 0.25) is 0 Å². The lowest BCUT2D eigenvalue weighted by Crippen LogP contribution is -2.62. The highest BCUT2D eigenvalue weighted by Crippen LogP contribution is 2.50. The second-order valence-electron chi connectivity index (χ2n) is 12.8. The van der Waals surface area contributed by atoms with Gasteiger partial charge in [0.2, 0.25) is 21.7 Å². The van der Waals surface area contributed by atoms with Crippen LogP contribution in [0.25, 0.3) is 0 Å². The Morgan fingerprint density at radius 2 is 1.71 bits per heavy atom. The number of sulfonamides is 1. The number of rotatable bonds is 7. The van der Waals surface area contributed by atoms with Crippen molar-refractivity contribution < 1.29 is 41.5 Å². The van der Waals surface area contributed by atoms with Crippen molar-refractivity contribution in [3.8, 4) is 0 Å². The Kier molecular flexibility index (Phi) is 10.0. The summed E-state index contributed by atoms with van der Waals surface area (Å²) >= 11 is 0. The Labute approximate surface area is 284 Å². The third-order valence-corrected chi connectivity index (χ3v) is 11.8. The van der Waals surface area contributed by atoms with Crippen molar-refractivity contribution in [2.45, 2.75) is 37.3 Å². The molecule has 1 N–H and O–H groups in total. The minimum atomic E-state index is -4.10. The number of benzene rings is 2. The van der Waals surface area contributed by atoms with Crippen molar-refractivity contribution in [1.29, 1.82) is 0 Å². The number of ketones is 1. The zero-order valence-electron chi connectivity index (χ0n) is 27.3. The van der Waals surface area contributed by atoms with Gasteiger partial charge in [-0.3, -0.25) is 14.4 Å². The number of likely N-dealkylation sites (tertiary alicyclic amines) is 1. The number of piperidine rings is 2. The van der Waals surface area contributed by atoms with E-state index in [1.54, 1.807) is 0 Å². The third kappa shape index (κ3) is 6.92. The molecule has 3 saturated heterocycles. The number of likely N-dealkylation sites (N-methyl/N-ethyl adjacent to an activating group) is 1. The molecule has 0 aliphatic carbocycles. The fourth-order valence-electron chi connectivity index (χ4n) is 7.06. The summed E-state index contributed by atoms with van der Waals surface area (Å²) in [4.78, 5) is 59.0. The Hall–Kier alpha value is -4.34. The highest BCUT2D eigenvalue weighted by atomic mass is 32.2. The average molecular weight is 698 g/mol. The number of carbonyl (C=O) groups excluding carboxylic acids is 4. The fourth-order valence-corrected chi connectivity index (χ4v) is 8.72. The smallest absolute Gasteiger partial charge is 0.410 e. The summed E-state index contributed by atoms with van der Waals surface area (Å²) in [5.41, 5.74) is 0.196. The van der Waals surface area contributed by atoms with Gasteiger partial charge in [-0.15, -0.1) is 0 Å². The molecule has 3 amide bonds. The van der Waals surface area contributed by atoms with Crippen molar-refractivity contribution in [3.05, 3.63) is 77.4 Å². The standard InChI is InChI=1S/C34H40FN5O8S/c1-37-15-17-39(18-16-37)49(45,46)27-20-26(35)9-8-25(27)21-36-31(42)29-30(41)32(43)40-12-5-19-47-23-28(40)34(29)10-13-38(14-11-34)33(44)48-22-24-6-3-2-4-7-24/h2-4,6-9,20,23,29H,5,10-19,21-22H2,1H3,(H,36,42). The first kappa shape index (κ1) is 34.5. The number of allylic oxidation sites excluding steroid dienone is 1. The Balaban J connectivity index is 1.23. The van der Waals surface area contributed by atoms with Crippen molar-refractivity contribution in [3.63, 3.8) is 0 Å². The molecule has 2 aromatic rings. The number of ether oxygens (including phenoxy) is 2. The first-order valence-corrected chi connectivity index (χ1v) is 17.8. The first-order chi connectivity index (χ1) is 23.5. The zero-order chi connectivity index (χ0) is 34.8. The van der Waals surface area contributed by atoms with Crippen LogP contribution in [-0.4, -0.2) is 111 Å². The van der Waals surface area contributed by atoms with Crippen LogP contribution >= 0.6 is 0 Å². The normalized spacial score (nSPS) is 21.8. The maximum Gasteiger partial charge on any atom is 0.410 e. The lowest BCUT2D eigenvalue weighted by atomic mass is 9.62. The second-order valence-corrected chi connectivity index (χ2v) is 14.7. The topological polar surface area (TPSA) is 146 Å². The quantitative estimate of drug-likeness (QED) is 0.340. The summed E-state index contributed by atoms with van der Waals surface area (Å²) in [6.07, 6.45) is 1.72. The maximum atomic E-state index is 14.4. The minimum Gasteiger partial charge on any atom is -0.499 e. The molecule has 1 atom stereocenters. The van der Waals surface area contributed by atoms with E-state index >= 15 is 0 Å². The summed E-state index contributed by atoms with van der Waals surface area (Å²) in [5.74, 6) is -4.70. The number of hydrogen-bond acceptors (Lipinski definition) is 9. The van der Waals surface area contributed by atoms with Crippen LogP contribution < -0.4 is 5.32 Å². The molecule has 13 nitrogen and oxygen atoms in total. The molecule has 262 valence electrons. The monoisotopic (exact) mass is 697 g/mol. The lowest BCUT2D eigenvalue weighted by Gasteiger charge is -2.50. The summed E-state index contributed by atoms with van der Waals surface area (Å²) in [6.45, 7) is 2.09. The molecule has 2 aromatic carbocycles. The van der Waals surface area contributed by atoms with Crippen LogP contribution in [-0.2, 0) is 47.0 Å². The third-order valence-electron chi connectivity index (χ3n) is 9.85. The molecule has 6 rings (SSSR count). The molecular formula is C34H40FN5O8S. The molecule has 1 unspecified atom stereocenters. The van der Waals surface area contributed by atoms with E-state index in [1.807, 2.05) is 42.3 Å². The molecule has 1 spiro atoms. The van der Waals surface area contributed by atoms with E-state index in [2.05, 4.69) is 5.32 Å². The van der Waals surface area contributed by atoms with Gasteiger partial charge in [-0.1, -0.05) is 36.4 Å². The highest BCUT2D eigenvalue weighted by Gasteiger charge is 2.59. The van der Waals surface area contributed by atoms with Gasteiger partial charge in [0.15, 0.2) is 0 Å². The van der Waals surface area contributed by atoms with Gasteiger partial charge in [-0.2, -0.15) is 4.31 Å². The molecule has 0 aromatic heterocycles. The molecule has 4 heterocycles. The number of amides is 3. The van der Waals surface area contributed by atoms with Crippen LogP contribution in [0.15, 0.2) is 65.4 Å². The maximum absolute atomic E-state index is 14.4. The zero-order valence-corrected chi connectivity index (χ0v) is 28.1. The van der Waals surface area contributed by atoms with Crippen LogP contribution in [0.1, 0.15) is 30.4 Å². The van der Waals surface area contributed by atoms with Gasteiger partial charge in [0.05, 0.1) is 17.2 Å². The van der Waals surface area contributed by atoms with Crippen LogP contribution in [0.5, 0.6) is 0 Å². The average Bonchev–Trinajstić information content (AvgIpc) is 3.37. The predicted molar refractivity (Wildman–Crippen MR) is 173 cm³/mol. The molecule has 49 heavy (non-hydrogen) atoms. The van der Waals surface area contributed by atoms with E-state index in [1.165, 1.54) is 26.4 Å². The molecule has 0 saturated carbocycles. The number of Topliss-reactive ketones (excluding diaryl/α,β-unsaturated/α-hetero) is 1. The number of halogens is 1. The first-order valence-electron chi connectivity index (χ1n) is 16.4. The molecular weight excluding hydrogens is 657 g/mol. The number of piperazine rings is 1. The van der Waals surface area contributed by atoms with Crippen molar-refractivity contribution in [1.82, 2.24) is 24.3 Å². The lowest BCUT2D eigenvalue weighted by molar-refractivity contribution is -0.158. The van der Waals surface area contributed by atoms with Crippen molar-refractivity contribution >= 4 is 33.7 Å². The van der Waals surface area contributed by atoms with Gasteiger partial charge in [0.1, 0.15) is 24.6 Å². The van der Waals surface area contributed by atoms with E-state index in [9.17, 15) is 32.0 Å². The number of hydrogen-bond donors (Lipinski definition) is 1. The Morgan fingerprint density at radius 3 is 2.43 bits per heavy atom. The minimum absolute atomic E-state index is 0.0853. The van der Waals surface area contributed by atoms with Gasteiger partial charge < -0.3 is 29.5 Å². The van der Waals surface area contributed by atoms with Crippen LogP contribution in [0.4, 0.5) is 9.18 Å². The van der Waals surface area contributed by atoms with Crippen molar-refractivity contribution in [2.75, 3.05) is 59.5 Å². The summed E-state index contributed by atoms with van der Waals surface area (Å²) in [5, 5.41) is 2.70. The van der Waals surface area contributed by atoms with Crippen molar-refractivity contribution in [2.24, 2.45) is 11.3 Å². The molecule has 0 bridgehead atoms. The Morgan fingerprint density at radius 1 is 1.00 bits per heavy atom. The summed E-state index contributed by atoms with van der Waals surface area (Å²) in [6, 6.07) is 12.6. The molecule has 15 heteroatoms. The van der Waals surface area contributed by atoms with Gasteiger partial charge in [0.25, 0.3) is 5.91 Å². The summed E-state index contributed by atoms with van der Waals surface area (Å²) < 4.78 is 54.2. The highest BCUT2D eigenvalue weighted by molar-refractivity contribution is 7.89. The van der Waals surface area contributed by atoms with Crippen LogP contribution in [0.3, 0.4) is 0 Å². The molecule has 3 fully saturated rings. The van der Waals surface area contributed by atoms with E-state index in [4.69, 9.17) is 9.47 Å². The SMILES string of the molecule is CN1CCN(S(=O)(=O)c2cc(F)ccc2CNC(=O)C2C(=O)C(=O)N3CCCOC=C3C23CCN(C(=O)OCc2ccccc2)CC3)CC1. The fraction of sp³-hybridized carbons (Fsp3) is 0.471.